The quantitative estimate of drug-likeness (QED) is 0.444. The summed E-state index contributed by atoms with van der Waals surface area (Å²) in [7, 11) is 0. The van der Waals surface area contributed by atoms with E-state index in [4.69, 9.17) is 4.42 Å². The van der Waals surface area contributed by atoms with Crippen LogP contribution < -0.4 is 10.6 Å². The van der Waals surface area contributed by atoms with Crippen molar-refractivity contribution in [2.75, 3.05) is 10.6 Å². The van der Waals surface area contributed by atoms with E-state index in [9.17, 15) is 14.9 Å². The Morgan fingerprint density at radius 3 is 2.73 bits per heavy atom. The van der Waals surface area contributed by atoms with Gasteiger partial charge in [0.1, 0.15) is 5.69 Å². The molecule has 0 atom stereocenters. The van der Waals surface area contributed by atoms with Gasteiger partial charge in [-0.25, -0.2) is 0 Å². The Morgan fingerprint density at radius 2 is 2.00 bits per heavy atom. The van der Waals surface area contributed by atoms with E-state index in [2.05, 4.69) is 26.6 Å². The third kappa shape index (κ3) is 4.28. The summed E-state index contributed by atoms with van der Waals surface area (Å²) in [6, 6.07) is 15.2. The van der Waals surface area contributed by atoms with E-state index >= 15 is 0 Å². The fourth-order valence-electron chi connectivity index (χ4n) is 2.36. The number of rotatable bonds is 6. The van der Waals surface area contributed by atoms with Crippen LogP contribution in [0.4, 0.5) is 17.1 Å². The van der Waals surface area contributed by atoms with Crippen molar-refractivity contribution in [3.05, 3.63) is 86.8 Å². The maximum atomic E-state index is 12.0. The minimum Gasteiger partial charge on any atom is -0.459 e. The third-order valence-electron chi connectivity index (χ3n) is 3.57. The fourth-order valence-corrected chi connectivity index (χ4v) is 2.71. The second-order valence-corrected chi connectivity index (χ2v) is 6.32. The lowest BCUT2D eigenvalue weighted by Gasteiger charge is -2.09. The van der Waals surface area contributed by atoms with E-state index in [0.717, 1.165) is 5.56 Å². The second-order valence-electron chi connectivity index (χ2n) is 5.40. The Balaban J connectivity index is 1.70. The summed E-state index contributed by atoms with van der Waals surface area (Å²) >= 11 is 3.23. The van der Waals surface area contributed by atoms with E-state index in [1.165, 1.54) is 12.3 Å². The van der Waals surface area contributed by atoms with Crippen LogP contribution in [0.2, 0.25) is 0 Å². The molecule has 26 heavy (non-hydrogen) atoms. The molecule has 7 nitrogen and oxygen atoms in total. The molecular weight excluding hydrogens is 402 g/mol. The van der Waals surface area contributed by atoms with Crippen LogP contribution in [0.1, 0.15) is 16.1 Å². The zero-order valence-corrected chi connectivity index (χ0v) is 15.0. The maximum Gasteiger partial charge on any atom is 0.293 e. The van der Waals surface area contributed by atoms with E-state index in [0.29, 0.717) is 22.4 Å². The highest BCUT2D eigenvalue weighted by molar-refractivity contribution is 9.10. The molecule has 0 saturated heterocycles. The molecule has 2 N–H and O–H groups in total. The van der Waals surface area contributed by atoms with Gasteiger partial charge in [0.05, 0.1) is 11.2 Å². The molecule has 1 heterocycles. The Morgan fingerprint density at radius 1 is 1.15 bits per heavy atom. The van der Waals surface area contributed by atoms with Crippen molar-refractivity contribution in [2.24, 2.45) is 0 Å². The van der Waals surface area contributed by atoms with Crippen LogP contribution in [0.3, 0.4) is 0 Å². The summed E-state index contributed by atoms with van der Waals surface area (Å²) in [5, 5.41) is 17.0. The normalized spacial score (nSPS) is 10.3. The molecule has 0 aliphatic rings. The molecule has 0 fully saturated rings. The molecule has 1 aromatic heterocycles. The number of hydrogen-bond acceptors (Lipinski definition) is 5. The van der Waals surface area contributed by atoms with Gasteiger partial charge >= 0.3 is 0 Å². The highest BCUT2D eigenvalue weighted by Crippen LogP contribution is 2.28. The van der Waals surface area contributed by atoms with E-state index in [-0.39, 0.29) is 17.4 Å². The van der Waals surface area contributed by atoms with Crippen molar-refractivity contribution < 1.29 is 14.1 Å². The van der Waals surface area contributed by atoms with Gasteiger partial charge in [0.25, 0.3) is 11.6 Å². The van der Waals surface area contributed by atoms with Crippen molar-refractivity contribution in [2.45, 2.75) is 6.54 Å². The fraction of sp³-hybridized carbons (Fsp3) is 0.0556. The molecule has 2 aromatic carbocycles. The first-order valence-corrected chi connectivity index (χ1v) is 8.44. The van der Waals surface area contributed by atoms with Crippen molar-refractivity contribution >= 4 is 38.9 Å². The summed E-state index contributed by atoms with van der Waals surface area (Å²) in [6.07, 6.45) is 1.43. The summed E-state index contributed by atoms with van der Waals surface area (Å²) in [4.78, 5) is 22.7. The summed E-state index contributed by atoms with van der Waals surface area (Å²) in [5.41, 5.74) is 1.88. The first-order valence-electron chi connectivity index (χ1n) is 7.64. The molecule has 0 spiro atoms. The van der Waals surface area contributed by atoms with Crippen LogP contribution in [0.5, 0.6) is 0 Å². The number of nitro benzene ring substituents is 1. The molecule has 8 heteroatoms. The standard InChI is InChI=1S/C18H14BrN3O4/c19-13-6-7-15(16(10-13)22(24)25)20-11-12-3-1-4-14(9-12)21-18(23)17-5-2-8-26-17/h1-10,20H,11H2,(H,21,23). The SMILES string of the molecule is O=C(Nc1cccc(CNc2ccc(Br)cc2[N+](=O)[O-])c1)c1ccco1. The average molecular weight is 416 g/mol. The number of nitrogens with one attached hydrogen (secondary N) is 2. The zero-order valence-electron chi connectivity index (χ0n) is 13.4. The van der Waals surface area contributed by atoms with Crippen LogP contribution in [0.15, 0.2) is 69.8 Å². The van der Waals surface area contributed by atoms with Crippen LogP contribution >= 0.6 is 15.9 Å². The number of amides is 1. The first-order chi connectivity index (χ1) is 12.5. The van der Waals surface area contributed by atoms with Gasteiger partial charge in [-0.05, 0) is 42.0 Å². The second kappa shape index (κ2) is 7.83. The molecule has 3 aromatic rings. The number of anilines is 2. The molecule has 0 saturated carbocycles. The van der Waals surface area contributed by atoms with Gasteiger partial charge in [-0.3, -0.25) is 14.9 Å². The topological polar surface area (TPSA) is 97.4 Å². The van der Waals surface area contributed by atoms with E-state index in [1.807, 2.05) is 6.07 Å². The van der Waals surface area contributed by atoms with Gasteiger partial charge in [-0.15, -0.1) is 0 Å². The monoisotopic (exact) mass is 415 g/mol. The summed E-state index contributed by atoms with van der Waals surface area (Å²) in [6.45, 7) is 0.368. The summed E-state index contributed by atoms with van der Waals surface area (Å²) < 4.78 is 5.69. The number of nitro groups is 1. The van der Waals surface area contributed by atoms with Gasteiger partial charge in [0, 0.05) is 22.8 Å². The maximum absolute atomic E-state index is 12.0. The minimum absolute atomic E-state index is 0.0124. The number of carbonyl (C=O) groups excluding carboxylic acids is 1. The molecule has 3 rings (SSSR count). The lowest BCUT2D eigenvalue weighted by Crippen LogP contribution is -2.11. The van der Waals surface area contributed by atoms with Crippen LogP contribution in [-0.2, 0) is 6.54 Å². The smallest absolute Gasteiger partial charge is 0.293 e. The highest BCUT2D eigenvalue weighted by Gasteiger charge is 2.14. The van der Waals surface area contributed by atoms with Gasteiger partial charge in [-0.2, -0.15) is 0 Å². The summed E-state index contributed by atoms with van der Waals surface area (Å²) in [5.74, 6) is -0.123. The molecule has 0 aliphatic heterocycles. The minimum atomic E-state index is -0.437. The predicted molar refractivity (Wildman–Crippen MR) is 101 cm³/mol. The van der Waals surface area contributed by atoms with E-state index in [1.54, 1.807) is 42.5 Å². The van der Waals surface area contributed by atoms with Crippen LogP contribution in [0.25, 0.3) is 0 Å². The van der Waals surface area contributed by atoms with Gasteiger partial charge in [0.2, 0.25) is 0 Å². The Labute approximate surface area is 157 Å². The van der Waals surface area contributed by atoms with Crippen molar-refractivity contribution in [1.29, 1.82) is 0 Å². The number of furan rings is 1. The van der Waals surface area contributed by atoms with Crippen LogP contribution in [-0.4, -0.2) is 10.8 Å². The Bertz CT molecular complexity index is 941. The number of hydrogen-bond donors (Lipinski definition) is 2. The molecule has 0 bridgehead atoms. The molecule has 0 radical (unpaired) electrons. The predicted octanol–water partition coefficient (Wildman–Crippen LogP) is 4.81. The molecule has 132 valence electrons. The van der Waals surface area contributed by atoms with Gasteiger partial charge in [-0.1, -0.05) is 28.1 Å². The Hall–Kier alpha value is -3.13. The molecule has 1 amide bonds. The number of carbonyl (C=O) groups is 1. The van der Waals surface area contributed by atoms with Crippen molar-refractivity contribution in [3.8, 4) is 0 Å². The van der Waals surface area contributed by atoms with Crippen LogP contribution in [0, 0.1) is 10.1 Å². The lowest BCUT2D eigenvalue weighted by atomic mass is 10.2. The lowest BCUT2D eigenvalue weighted by molar-refractivity contribution is -0.384. The number of halogens is 1. The van der Waals surface area contributed by atoms with Crippen molar-refractivity contribution in [1.82, 2.24) is 0 Å². The number of nitrogens with zero attached hydrogens (tertiary/aromatic N) is 1. The van der Waals surface area contributed by atoms with Crippen molar-refractivity contribution in [3.63, 3.8) is 0 Å². The van der Waals surface area contributed by atoms with Gasteiger partial charge < -0.3 is 15.1 Å². The highest BCUT2D eigenvalue weighted by atomic mass is 79.9. The Kier molecular flexibility index (Phi) is 5.33. The number of benzene rings is 2. The first kappa shape index (κ1) is 17.7. The zero-order chi connectivity index (χ0) is 18.5. The molecular formula is C18H14BrN3O4. The average Bonchev–Trinajstić information content (AvgIpc) is 3.15. The molecule has 0 aliphatic carbocycles. The molecule has 0 unspecified atom stereocenters. The van der Waals surface area contributed by atoms with E-state index < -0.39 is 4.92 Å². The largest absolute Gasteiger partial charge is 0.459 e. The van der Waals surface area contributed by atoms with Gasteiger partial charge in [0.15, 0.2) is 5.76 Å². The third-order valence-corrected chi connectivity index (χ3v) is 4.06.